The van der Waals surface area contributed by atoms with E-state index < -0.39 is 0 Å². The number of carbonyl (C=O) groups is 1. The van der Waals surface area contributed by atoms with Crippen LogP contribution in [0, 0.1) is 0 Å². The number of hydrogen-bond donors (Lipinski definition) is 0. The standard InChI is InChI=1S/C9H15NOS/c1-7(2)9(4)12-6-10-5-8(3)11/h6H,5H2,1-4H3. The number of Topliss-reactive ketones (excluding diaryl/α,β-unsaturated/α-hetero) is 1. The fourth-order valence-electron chi connectivity index (χ4n) is 0.400. The first kappa shape index (κ1) is 11.4. The van der Waals surface area contributed by atoms with Crippen LogP contribution in [-0.2, 0) is 4.79 Å². The van der Waals surface area contributed by atoms with Crippen molar-refractivity contribution in [1.29, 1.82) is 0 Å². The van der Waals surface area contributed by atoms with Gasteiger partial charge in [-0.25, -0.2) is 0 Å². The Labute approximate surface area is 78.1 Å². The number of aliphatic imine (C=N–C) groups is 1. The molecule has 0 aliphatic carbocycles. The SMILES string of the molecule is CC(=O)CN=CSC(C)=C(C)C. The highest BCUT2D eigenvalue weighted by atomic mass is 32.2. The number of ketones is 1. The number of rotatable bonds is 4. The molecular weight excluding hydrogens is 170 g/mol. The van der Waals surface area contributed by atoms with Gasteiger partial charge in [0.05, 0.1) is 12.1 Å². The van der Waals surface area contributed by atoms with E-state index in [9.17, 15) is 4.79 Å². The van der Waals surface area contributed by atoms with E-state index in [2.05, 4.69) is 18.8 Å². The molecule has 0 aromatic rings. The van der Waals surface area contributed by atoms with Crippen molar-refractivity contribution in [3.05, 3.63) is 10.5 Å². The highest BCUT2D eigenvalue weighted by Gasteiger charge is 1.90. The molecular formula is C9H15NOS. The molecule has 3 heteroatoms. The molecule has 0 radical (unpaired) electrons. The van der Waals surface area contributed by atoms with Crippen LogP contribution in [0.2, 0.25) is 0 Å². The van der Waals surface area contributed by atoms with E-state index in [0.717, 1.165) is 0 Å². The topological polar surface area (TPSA) is 29.4 Å². The maximum absolute atomic E-state index is 10.5. The Hall–Kier alpha value is -0.570. The van der Waals surface area contributed by atoms with E-state index in [1.807, 2.05) is 6.92 Å². The van der Waals surface area contributed by atoms with Crippen molar-refractivity contribution in [1.82, 2.24) is 0 Å². The van der Waals surface area contributed by atoms with Crippen LogP contribution in [0.1, 0.15) is 27.7 Å². The predicted molar refractivity (Wildman–Crippen MR) is 55.7 cm³/mol. The fraction of sp³-hybridized carbons (Fsp3) is 0.556. The summed E-state index contributed by atoms with van der Waals surface area (Å²) in [5.41, 5.74) is 3.01. The molecule has 0 aliphatic rings. The van der Waals surface area contributed by atoms with Crippen LogP contribution in [0.15, 0.2) is 15.5 Å². The first-order chi connectivity index (χ1) is 5.54. The van der Waals surface area contributed by atoms with Crippen molar-refractivity contribution < 1.29 is 4.79 Å². The van der Waals surface area contributed by atoms with Gasteiger partial charge in [0, 0.05) is 0 Å². The van der Waals surface area contributed by atoms with E-state index in [1.54, 1.807) is 17.3 Å². The van der Waals surface area contributed by atoms with Crippen LogP contribution in [0.25, 0.3) is 0 Å². The van der Waals surface area contributed by atoms with E-state index in [-0.39, 0.29) is 5.78 Å². The summed E-state index contributed by atoms with van der Waals surface area (Å²) in [7, 11) is 0. The van der Waals surface area contributed by atoms with Gasteiger partial charge < -0.3 is 0 Å². The minimum Gasteiger partial charge on any atom is -0.298 e. The summed E-state index contributed by atoms with van der Waals surface area (Å²) in [4.78, 5) is 15.7. The maximum Gasteiger partial charge on any atom is 0.151 e. The minimum absolute atomic E-state index is 0.0988. The molecule has 0 bridgehead atoms. The third-order valence-electron chi connectivity index (χ3n) is 1.32. The number of carbonyl (C=O) groups excluding carboxylic acids is 1. The average Bonchev–Trinajstić information content (AvgIpc) is 1.97. The predicted octanol–water partition coefficient (Wildman–Crippen LogP) is 2.65. The number of nitrogens with zero attached hydrogens (tertiary/aromatic N) is 1. The fourth-order valence-corrected chi connectivity index (χ4v) is 0.943. The molecule has 0 saturated heterocycles. The van der Waals surface area contributed by atoms with Gasteiger partial charge in [-0.05, 0) is 32.6 Å². The molecule has 0 fully saturated rings. The lowest BCUT2D eigenvalue weighted by Crippen LogP contribution is -1.93. The Bertz CT molecular complexity index is 215. The van der Waals surface area contributed by atoms with E-state index >= 15 is 0 Å². The average molecular weight is 185 g/mol. The van der Waals surface area contributed by atoms with Gasteiger partial charge in [-0.15, -0.1) is 0 Å². The lowest BCUT2D eigenvalue weighted by molar-refractivity contribution is -0.115. The quantitative estimate of drug-likeness (QED) is 0.498. The zero-order chi connectivity index (χ0) is 9.56. The zero-order valence-electron chi connectivity index (χ0n) is 8.05. The Morgan fingerprint density at radius 3 is 2.33 bits per heavy atom. The summed E-state index contributed by atoms with van der Waals surface area (Å²) in [5.74, 6) is 0.0988. The molecule has 12 heavy (non-hydrogen) atoms. The molecule has 0 rings (SSSR count). The van der Waals surface area contributed by atoms with Crippen LogP contribution in [-0.4, -0.2) is 17.9 Å². The monoisotopic (exact) mass is 185 g/mol. The van der Waals surface area contributed by atoms with Crippen molar-refractivity contribution in [3.8, 4) is 0 Å². The third kappa shape index (κ3) is 6.16. The summed E-state index contributed by atoms with van der Waals surface area (Å²) in [6.07, 6.45) is 0. The molecule has 2 nitrogen and oxygen atoms in total. The molecule has 0 N–H and O–H groups in total. The Morgan fingerprint density at radius 2 is 1.92 bits per heavy atom. The number of thioether (sulfide) groups is 1. The largest absolute Gasteiger partial charge is 0.298 e. The second kappa shape index (κ2) is 6.00. The molecule has 0 aromatic heterocycles. The van der Waals surface area contributed by atoms with Gasteiger partial charge in [0.15, 0.2) is 5.78 Å². The lowest BCUT2D eigenvalue weighted by Gasteiger charge is -1.96. The summed E-state index contributed by atoms with van der Waals surface area (Å²) in [6.45, 7) is 7.99. The van der Waals surface area contributed by atoms with Gasteiger partial charge in [0.1, 0.15) is 0 Å². The van der Waals surface area contributed by atoms with Crippen molar-refractivity contribution in [3.63, 3.8) is 0 Å². The zero-order valence-corrected chi connectivity index (χ0v) is 8.86. The van der Waals surface area contributed by atoms with Crippen LogP contribution >= 0.6 is 11.8 Å². The Morgan fingerprint density at radius 1 is 1.33 bits per heavy atom. The normalized spacial score (nSPS) is 10.3. The summed E-state index contributed by atoms with van der Waals surface area (Å²) in [6, 6.07) is 0. The molecule has 0 aromatic carbocycles. The highest BCUT2D eigenvalue weighted by molar-refractivity contribution is 8.15. The molecule has 0 unspecified atom stereocenters. The highest BCUT2D eigenvalue weighted by Crippen LogP contribution is 2.15. The van der Waals surface area contributed by atoms with Crippen LogP contribution in [0.3, 0.4) is 0 Å². The summed E-state index contributed by atoms with van der Waals surface area (Å²) >= 11 is 1.56. The Balaban J connectivity index is 3.76. The molecule has 0 spiro atoms. The third-order valence-corrected chi connectivity index (χ3v) is 2.34. The number of allylic oxidation sites excluding steroid dienone is 2. The van der Waals surface area contributed by atoms with Crippen molar-refractivity contribution in [2.45, 2.75) is 27.7 Å². The van der Waals surface area contributed by atoms with Crippen LogP contribution < -0.4 is 0 Å². The van der Waals surface area contributed by atoms with Gasteiger partial charge in [-0.2, -0.15) is 0 Å². The van der Waals surface area contributed by atoms with Crippen LogP contribution in [0.4, 0.5) is 0 Å². The summed E-state index contributed by atoms with van der Waals surface area (Å²) < 4.78 is 0. The minimum atomic E-state index is 0.0988. The maximum atomic E-state index is 10.5. The van der Waals surface area contributed by atoms with E-state index in [4.69, 9.17) is 0 Å². The second-order valence-corrected chi connectivity index (χ2v) is 3.88. The molecule has 0 saturated carbocycles. The Kier molecular flexibility index (Phi) is 5.72. The van der Waals surface area contributed by atoms with Crippen molar-refractivity contribution in [2.24, 2.45) is 4.99 Å². The molecule has 0 heterocycles. The number of hydrogen-bond acceptors (Lipinski definition) is 3. The lowest BCUT2D eigenvalue weighted by atomic mass is 10.3. The van der Waals surface area contributed by atoms with Gasteiger partial charge in [0.2, 0.25) is 0 Å². The molecule has 0 atom stereocenters. The first-order valence-corrected chi connectivity index (χ1v) is 4.70. The van der Waals surface area contributed by atoms with Gasteiger partial charge in [0.25, 0.3) is 0 Å². The van der Waals surface area contributed by atoms with Gasteiger partial charge in [-0.3, -0.25) is 9.79 Å². The first-order valence-electron chi connectivity index (χ1n) is 3.82. The summed E-state index contributed by atoms with van der Waals surface area (Å²) in [5, 5.41) is 0. The molecule has 0 aliphatic heterocycles. The van der Waals surface area contributed by atoms with Crippen molar-refractivity contribution >= 4 is 23.1 Å². The van der Waals surface area contributed by atoms with Crippen molar-refractivity contribution in [2.75, 3.05) is 6.54 Å². The smallest absolute Gasteiger partial charge is 0.151 e. The van der Waals surface area contributed by atoms with E-state index in [1.165, 1.54) is 17.4 Å². The van der Waals surface area contributed by atoms with Crippen LogP contribution in [0.5, 0.6) is 0 Å². The van der Waals surface area contributed by atoms with Gasteiger partial charge >= 0.3 is 0 Å². The molecule has 68 valence electrons. The van der Waals surface area contributed by atoms with E-state index in [0.29, 0.717) is 6.54 Å². The second-order valence-electron chi connectivity index (χ2n) is 2.82. The van der Waals surface area contributed by atoms with Gasteiger partial charge in [-0.1, -0.05) is 17.3 Å². The molecule has 0 amide bonds.